The van der Waals surface area contributed by atoms with E-state index in [2.05, 4.69) is 25.7 Å². The van der Waals surface area contributed by atoms with Gasteiger partial charge in [0.1, 0.15) is 6.61 Å². The second-order valence-electron chi connectivity index (χ2n) is 9.71. The normalized spacial score (nSPS) is 12.1. The van der Waals surface area contributed by atoms with E-state index in [9.17, 15) is 9.59 Å². The molecule has 0 bridgehead atoms. The van der Waals surface area contributed by atoms with E-state index < -0.39 is 17.9 Å². The summed E-state index contributed by atoms with van der Waals surface area (Å²) in [7, 11) is 0. The Balaban J connectivity index is 3.40. The van der Waals surface area contributed by atoms with Crippen LogP contribution in [0.4, 0.5) is 0 Å². The van der Waals surface area contributed by atoms with Crippen LogP contribution in [-0.4, -0.2) is 23.7 Å². The number of ether oxygens (including phenoxy) is 1. The van der Waals surface area contributed by atoms with Crippen LogP contribution in [-0.2, 0) is 14.3 Å². The molecule has 198 valence electrons. The number of carbonyl (C=O) groups excluding carboxylic acids is 1. The second kappa shape index (κ2) is 26.0. The van der Waals surface area contributed by atoms with Gasteiger partial charge in [-0.25, -0.2) is 0 Å². The average Bonchev–Trinajstić information content (AvgIpc) is 2.82. The lowest BCUT2D eigenvalue weighted by Gasteiger charge is -2.13. The predicted molar refractivity (Wildman–Crippen MR) is 144 cm³/mol. The van der Waals surface area contributed by atoms with Gasteiger partial charge in [0.2, 0.25) is 0 Å². The molecule has 34 heavy (non-hydrogen) atoms. The average molecular weight is 479 g/mol. The van der Waals surface area contributed by atoms with Crippen LogP contribution in [0, 0.1) is 5.92 Å². The summed E-state index contributed by atoms with van der Waals surface area (Å²) in [5, 5.41) is 9.00. The van der Waals surface area contributed by atoms with E-state index in [1.54, 1.807) is 0 Å². The Labute approximate surface area is 210 Å². The molecule has 0 amide bonds. The fourth-order valence-corrected chi connectivity index (χ4v) is 4.30. The minimum Gasteiger partial charge on any atom is -0.481 e. The fraction of sp³-hybridized carbons (Fsp3) is 0.800. The molecule has 0 fully saturated rings. The lowest BCUT2D eigenvalue weighted by Crippen LogP contribution is -2.21. The van der Waals surface area contributed by atoms with Gasteiger partial charge in [-0.1, -0.05) is 134 Å². The summed E-state index contributed by atoms with van der Waals surface area (Å²) in [6.07, 6.45) is 31.2. The molecule has 0 aromatic rings. The van der Waals surface area contributed by atoms with Gasteiger partial charge in [-0.05, 0) is 25.7 Å². The molecule has 0 aliphatic heterocycles. The number of carboxylic acid groups (broad SMARTS) is 1. The summed E-state index contributed by atoms with van der Waals surface area (Å²) in [5.74, 6) is -1.88. The third kappa shape index (κ3) is 23.6. The van der Waals surface area contributed by atoms with Gasteiger partial charge >= 0.3 is 11.9 Å². The second-order valence-corrected chi connectivity index (χ2v) is 9.71. The highest BCUT2D eigenvalue weighted by Gasteiger charge is 2.22. The maximum absolute atomic E-state index is 11.9. The number of hydrogen-bond donors (Lipinski definition) is 1. The van der Waals surface area contributed by atoms with Crippen molar-refractivity contribution in [3.63, 3.8) is 0 Å². The highest BCUT2D eigenvalue weighted by molar-refractivity contribution is 5.79. The Kier molecular flexibility index (Phi) is 24.8. The summed E-state index contributed by atoms with van der Waals surface area (Å²) < 4.78 is 5.03. The zero-order valence-corrected chi connectivity index (χ0v) is 22.2. The van der Waals surface area contributed by atoms with E-state index >= 15 is 0 Å². The lowest BCUT2D eigenvalue weighted by atomic mass is 9.97. The Morgan fingerprint density at radius 2 is 1.18 bits per heavy atom. The van der Waals surface area contributed by atoms with Gasteiger partial charge in [-0.3, -0.25) is 9.59 Å². The fourth-order valence-electron chi connectivity index (χ4n) is 4.30. The highest BCUT2D eigenvalue weighted by atomic mass is 16.5. The Bertz CT molecular complexity index is 512. The molecule has 1 N–H and O–H groups in total. The third-order valence-electron chi connectivity index (χ3n) is 6.39. The van der Waals surface area contributed by atoms with Crippen LogP contribution in [0.15, 0.2) is 24.8 Å². The van der Waals surface area contributed by atoms with Crippen molar-refractivity contribution in [2.24, 2.45) is 5.92 Å². The first-order valence-electron chi connectivity index (χ1n) is 14.3. The van der Waals surface area contributed by atoms with Crippen LogP contribution in [0.5, 0.6) is 0 Å². The van der Waals surface area contributed by atoms with E-state index in [1.165, 1.54) is 109 Å². The minimum atomic E-state index is -0.943. The maximum atomic E-state index is 11.9. The molecule has 0 radical (unpaired) electrons. The predicted octanol–water partition coefficient (Wildman–Crippen LogP) is 9.18. The molecule has 0 saturated carbocycles. The lowest BCUT2D eigenvalue weighted by molar-refractivity contribution is -0.152. The van der Waals surface area contributed by atoms with E-state index in [0.717, 1.165) is 19.3 Å². The Hall–Kier alpha value is -1.58. The number of aliphatic carboxylic acids is 1. The first-order valence-corrected chi connectivity index (χ1v) is 14.3. The van der Waals surface area contributed by atoms with Gasteiger partial charge in [0.25, 0.3) is 0 Å². The van der Waals surface area contributed by atoms with Crippen LogP contribution in [0.2, 0.25) is 0 Å². The van der Waals surface area contributed by atoms with Crippen molar-refractivity contribution >= 4 is 11.9 Å². The van der Waals surface area contributed by atoms with Crippen LogP contribution >= 0.6 is 0 Å². The molecule has 4 nitrogen and oxygen atoms in total. The van der Waals surface area contributed by atoms with Gasteiger partial charge in [-0.15, -0.1) is 0 Å². The molecule has 0 rings (SSSR count). The first kappa shape index (κ1) is 32.4. The van der Waals surface area contributed by atoms with Crippen LogP contribution < -0.4 is 0 Å². The first-order chi connectivity index (χ1) is 16.6. The van der Waals surface area contributed by atoms with Gasteiger partial charge in [0.15, 0.2) is 0 Å². The molecule has 0 heterocycles. The van der Waals surface area contributed by atoms with Crippen molar-refractivity contribution in [3.05, 3.63) is 24.8 Å². The summed E-state index contributed by atoms with van der Waals surface area (Å²) in [6, 6.07) is 0. The number of hydrogen-bond acceptors (Lipinski definition) is 3. The Morgan fingerprint density at radius 1 is 0.735 bits per heavy atom. The van der Waals surface area contributed by atoms with Crippen molar-refractivity contribution in [2.75, 3.05) is 6.61 Å². The molecular weight excluding hydrogens is 424 g/mol. The molecule has 0 spiro atoms. The number of rotatable bonds is 26. The largest absolute Gasteiger partial charge is 0.481 e. The minimum absolute atomic E-state index is 0.145. The zero-order chi connectivity index (χ0) is 25.1. The van der Waals surface area contributed by atoms with Crippen molar-refractivity contribution in [3.8, 4) is 0 Å². The molecule has 1 atom stereocenters. The topological polar surface area (TPSA) is 63.6 Å². The van der Waals surface area contributed by atoms with Gasteiger partial charge in [-0.2, -0.15) is 0 Å². The van der Waals surface area contributed by atoms with Gasteiger partial charge in [0, 0.05) is 0 Å². The maximum Gasteiger partial charge on any atom is 0.309 e. The standard InChI is InChI=1S/C30H54O4/c1-3-5-6-7-8-9-10-11-12-13-14-15-16-17-18-19-20-21-22-23-24-25-28(27-29(31)32)30(33)34-26-4-2/h4,6-7,28H,2-3,5,8-27H2,1H3,(H,31,32)/b7-6+. The number of esters is 1. The van der Waals surface area contributed by atoms with Gasteiger partial charge < -0.3 is 9.84 Å². The Morgan fingerprint density at radius 3 is 1.62 bits per heavy atom. The molecule has 0 aromatic heterocycles. The smallest absolute Gasteiger partial charge is 0.309 e. The SMILES string of the molecule is C=CCOC(=O)C(CCCCCCCCCCCCCCCCCC/C=C/CCC)CC(=O)O. The zero-order valence-electron chi connectivity index (χ0n) is 22.2. The molecule has 0 aromatic carbocycles. The summed E-state index contributed by atoms with van der Waals surface area (Å²) >= 11 is 0. The molecule has 4 heteroatoms. The van der Waals surface area contributed by atoms with E-state index in [4.69, 9.17) is 9.84 Å². The number of unbranched alkanes of at least 4 members (excludes halogenated alkanes) is 17. The van der Waals surface area contributed by atoms with Crippen molar-refractivity contribution in [1.29, 1.82) is 0 Å². The van der Waals surface area contributed by atoms with Crippen LogP contribution in [0.3, 0.4) is 0 Å². The monoisotopic (exact) mass is 478 g/mol. The van der Waals surface area contributed by atoms with Crippen LogP contribution in [0.25, 0.3) is 0 Å². The molecule has 0 aliphatic rings. The van der Waals surface area contributed by atoms with Crippen LogP contribution in [0.1, 0.15) is 142 Å². The van der Waals surface area contributed by atoms with E-state index in [0.29, 0.717) is 6.42 Å². The van der Waals surface area contributed by atoms with E-state index in [-0.39, 0.29) is 13.0 Å². The van der Waals surface area contributed by atoms with Crippen molar-refractivity contribution < 1.29 is 19.4 Å². The highest BCUT2D eigenvalue weighted by Crippen LogP contribution is 2.18. The molecule has 0 aliphatic carbocycles. The molecule has 1 unspecified atom stereocenters. The number of carbonyl (C=O) groups is 2. The summed E-state index contributed by atoms with van der Waals surface area (Å²) in [5.41, 5.74) is 0. The number of allylic oxidation sites excluding steroid dienone is 2. The third-order valence-corrected chi connectivity index (χ3v) is 6.39. The van der Waals surface area contributed by atoms with Crippen molar-refractivity contribution in [1.82, 2.24) is 0 Å². The van der Waals surface area contributed by atoms with E-state index in [1.807, 2.05) is 0 Å². The molecule has 0 saturated heterocycles. The molecular formula is C30H54O4. The summed E-state index contributed by atoms with van der Waals surface area (Å²) in [6.45, 7) is 5.89. The van der Waals surface area contributed by atoms with Gasteiger partial charge in [0.05, 0.1) is 12.3 Å². The number of carboxylic acids is 1. The quantitative estimate of drug-likeness (QED) is 0.0764. The summed E-state index contributed by atoms with van der Waals surface area (Å²) in [4.78, 5) is 22.9. The van der Waals surface area contributed by atoms with Crippen molar-refractivity contribution in [2.45, 2.75) is 142 Å².